The van der Waals surface area contributed by atoms with Crippen molar-refractivity contribution in [1.29, 1.82) is 0 Å². The van der Waals surface area contributed by atoms with Crippen molar-refractivity contribution >= 4 is 17.7 Å². The minimum absolute atomic E-state index is 0.198. The molecule has 1 fully saturated rings. The number of hydrogen-bond donors (Lipinski definition) is 0. The number of amides is 1. The molecule has 0 bridgehead atoms. The van der Waals surface area contributed by atoms with Gasteiger partial charge in [0.2, 0.25) is 5.91 Å². The molecule has 6 nitrogen and oxygen atoms in total. The van der Waals surface area contributed by atoms with Crippen molar-refractivity contribution in [3.63, 3.8) is 0 Å². The van der Waals surface area contributed by atoms with E-state index in [4.69, 9.17) is 0 Å². The van der Waals surface area contributed by atoms with Gasteiger partial charge in [0.05, 0.1) is 5.75 Å². The number of aromatic nitrogens is 4. The van der Waals surface area contributed by atoms with Gasteiger partial charge in [-0.05, 0) is 51.2 Å². The van der Waals surface area contributed by atoms with E-state index >= 15 is 0 Å². The fourth-order valence-electron chi connectivity index (χ4n) is 3.75. The SMILES string of the molecule is CC(C)Cn1c(SCC(=O)N2[C@@H](C)CCC[C@@H]2C)nnc1-c1ccncc1. The summed E-state index contributed by atoms with van der Waals surface area (Å²) < 4.78 is 2.13. The third-order valence-corrected chi connectivity index (χ3v) is 5.96. The van der Waals surface area contributed by atoms with Crippen LogP contribution in [0.3, 0.4) is 0 Å². The van der Waals surface area contributed by atoms with Crippen LogP contribution in [0, 0.1) is 5.92 Å². The van der Waals surface area contributed by atoms with Crippen molar-refractivity contribution in [2.75, 3.05) is 5.75 Å². The average Bonchev–Trinajstić information content (AvgIpc) is 3.02. The van der Waals surface area contributed by atoms with Crippen LogP contribution in [-0.2, 0) is 11.3 Å². The number of piperidine rings is 1. The van der Waals surface area contributed by atoms with Crippen molar-refractivity contribution in [3.8, 4) is 11.4 Å². The molecule has 0 unspecified atom stereocenters. The Hall–Kier alpha value is -1.89. The maximum Gasteiger partial charge on any atom is 0.233 e. The number of carbonyl (C=O) groups is 1. The summed E-state index contributed by atoms with van der Waals surface area (Å²) in [4.78, 5) is 19.0. The Kier molecular flexibility index (Phi) is 6.52. The van der Waals surface area contributed by atoms with Gasteiger partial charge in [0.25, 0.3) is 0 Å². The van der Waals surface area contributed by atoms with E-state index in [-0.39, 0.29) is 5.91 Å². The van der Waals surface area contributed by atoms with Crippen molar-refractivity contribution in [2.24, 2.45) is 5.92 Å². The monoisotopic (exact) mass is 387 g/mol. The molecule has 27 heavy (non-hydrogen) atoms. The Morgan fingerprint density at radius 3 is 2.48 bits per heavy atom. The van der Waals surface area contributed by atoms with Gasteiger partial charge in [-0.25, -0.2) is 0 Å². The van der Waals surface area contributed by atoms with Crippen LogP contribution in [0.1, 0.15) is 47.0 Å². The summed E-state index contributed by atoms with van der Waals surface area (Å²) in [5.74, 6) is 1.89. The Labute approximate surface area is 165 Å². The van der Waals surface area contributed by atoms with Gasteiger partial charge < -0.3 is 9.47 Å². The van der Waals surface area contributed by atoms with E-state index < -0.39 is 0 Å². The summed E-state index contributed by atoms with van der Waals surface area (Å²) in [6.07, 6.45) is 6.92. The van der Waals surface area contributed by atoms with Gasteiger partial charge in [0, 0.05) is 36.6 Å². The number of nitrogens with zero attached hydrogens (tertiary/aromatic N) is 5. The number of thioether (sulfide) groups is 1. The van der Waals surface area contributed by atoms with Crippen LogP contribution in [0.4, 0.5) is 0 Å². The number of rotatable bonds is 6. The molecule has 3 heterocycles. The lowest BCUT2D eigenvalue weighted by atomic mass is 9.98. The molecule has 0 aromatic carbocycles. The van der Waals surface area contributed by atoms with E-state index in [0.717, 1.165) is 35.9 Å². The van der Waals surface area contributed by atoms with Crippen LogP contribution >= 0.6 is 11.8 Å². The molecule has 2 aromatic rings. The van der Waals surface area contributed by atoms with Crippen LogP contribution in [-0.4, -0.2) is 48.4 Å². The highest BCUT2D eigenvalue weighted by Gasteiger charge is 2.29. The summed E-state index contributed by atoms with van der Waals surface area (Å²) in [6, 6.07) is 4.53. The van der Waals surface area contributed by atoms with Gasteiger partial charge in [-0.3, -0.25) is 9.78 Å². The summed E-state index contributed by atoms with van der Waals surface area (Å²) in [5.41, 5.74) is 0.995. The fraction of sp³-hybridized carbons (Fsp3) is 0.600. The smallest absolute Gasteiger partial charge is 0.233 e. The number of carbonyl (C=O) groups excluding carboxylic acids is 1. The number of likely N-dealkylation sites (tertiary alicyclic amines) is 1. The van der Waals surface area contributed by atoms with E-state index in [9.17, 15) is 4.79 Å². The predicted molar refractivity (Wildman–Crippen MR) is 108 cm³/mol. The Morgan fingerprint density at radius 2 is 1.85 bits per heavy atom. The van der Waals surface area contributed by atoms with Gasteiger partial charge in [-0.2, -0.15) is 0 Å². The lowest BCUT2D eigenvalue weighted by molar-refractivity contribution is -0.134. The van der Waals surface area contributed by atoms with Crippen molar-refractivity contribution in [3.05, 3.63) is 24.5 Å². The topological polar surface area (TPSA) is 63.9 Å². The fourth-order valence-corrected chi connectivity index (χ4v) is 4.57. The van der Waals surface area contributed by atoms with E-state index in [0.29, 0.717) is 23.8 Å². The maximum atomic E-state index is 12.8. The molecule has 0 N–H and O–H groups in total. The summed E-state index contributed by atoms with van der Waals surface area (Å²) in [7, 11) is 0. The minimum Gasteiger partial charge on any atom is -0.337 e. The second-order valence-corrected chi connectivity index (χ2v) is 8.71. The second kappa shape index (κ2) is 8.87. The highest BCUT2D eigenvalue weighted by molar-refractivity contribution is 7.99. The van der Waals surface area contributed by atoms with Crippen molar-refractivity contribution in [1.82, 2.24) is 24.6 Å². The molecule has 0 radical (unpaired) electrons. The van der Waals surface area contributed by atoms with Gasteiger partial charge in [-0.15, -0.1) is 10.2 Å². The van der Waals surface area contributed by atoms with E-state index in [1.807, 2.05) is 12.1 Å². The lowest BCUT2D eigenvalue weighted by Crippen LogP contribution is -2.48. The number of hydrogen-bond acceptors (Lipinski definition) is 5. The second-order valence-electron chi connectivity index (χ2n) is 7.77. The first kappa shape index (κ1) is 19.9. The molecule has 1 saturated heterocycles. The normalized spacial score (nSPS) is 20.3. The third kappa shape index (κ3) is 4.69. The molecule has 0 spiro atoms. The minimum atomic E-state index is 0.198. The van der Waals surface area contributed by atoms with Crippen molar-refractivity contribution < 1.29 is 4.79 Å². The standard InChI is InChI=1S/C20H29N5OS/c1-14(2)12-24-19(17-8-10-21-11-9-17)22-23-20(24)27-13-18(26)25-15(3)6-5-7-16(25)4/h8-11,14-16H,5-7,12-13H2,1-4H3/t15-,16-/m0/s1. The largest absolute Gasteiger partial charge is 0.337 e. The Bertz CT molecular complexity index is 751. The first-order valence-corrected chi connectivity index (χ1v) is 10.7. The molecule has 0 aliphatic carbocycles. The van der Waals surface area contributed by atoms with Gasteiger partial charge in [0.1, 0.15) is 0 Å². The van der Waals surface area contributed by atoms with E-state index in [2.05, 4.69) is 52.3 Å². The Morgan fingerprint density at radius 1 is 1.19 bits per heavy atom. The molecule has 2 atom stereocenters. The molecule has 0 saturated carbocycles. The highest BCUT2D eigenvalue weighted by Crippen LogP contribution is 2.27. The molecule has 1 amide bonds. The van der Waals surface area contributed by atoms with Gasteiger partial charge >= 0.3 is 0 Å². The highest BCUT2D eigenvalue weighted by atomic mass is 32.2. The number of pyridine rings is 1. The Balaban J connectivity index is 1.76. The first-order chi connectivity index (χ1) is 13.0. The first-order valence-electron chi connectivity index (χ1n) is 9.75. The van der Waals surface area contributed by atoms with Crippen LogP contribution in [0.2, 0.25) is 0 Å². The molecule has 7 heteroatoms. The molecule has 146 valence electrons. The molecular weight excluding hydrogens is 358 g/mol. The molecule has 1 aliphatic heterocycles. The van der Waals surface area contributed by atoms with Gasteiger partial charge in [0.15, 0.2) is 11.0 Å². The van der Waals surface area contributed by atoms with E-state index in [1.54, 1.807) is 12.4 Å². The van der Waals surface area contributed by atoms with Crippen LogP contribution < -0.4 is 0 Å². The zero-order valence-corrected chi connectivity index (χ0v) is 17.4. The van der Waals surface area contributed by atoms with Crippen LogP contribution in [0.15, 0.2) is 29.7 Å². The van der Waals surface area contributed by atoms with Crippen molar-refractivity contribution in [2.45, 2.75) is 70.7 Å². The predicted octanol–water partition coefficient (Wildman–Crippen LogP) is 3.88. The maximum absolute atomic E-state index is 12.8. The summed E-state index contributed by atoms with van der Waals surface area (Å²) in [5, 5.41) is 9.59. The molecular formula is C20H29N5OS. The molecule has 2 aromatic heterocycles. The zero-order chi connectivity index (χ0) is 19.4. The quantitative estimate of drug-likeness (QED) is 0.704. The summed E-state index contributed by atoms with van der Waals surface area (Å²) in [6.45, 7) is 9.47. The average molecular weight is 388 g/mol. The lowest BCUT2D eigenvalue weighted by Gasteiger charge is -2.39. The third-order valence-electron chi connectivity index (χ3n) is 5.01. The van der Waals surface area contributed by atoms with Crippen LogP contribution in [0.25, 0.3) is 11.4 Å². The zero-order valence-electron chi connectivity index (χ0n) is 16.6. The van der Waals surface area contributed by atoms with Crippen LogP contribution in [0.5, 0.6) is 0 Å². The van der Waals surface area contributed by atoms with Gasteiger partial charge in [-0.1, -0.05) is 25.6 Å². The molecule has 3 rings (SSSR count). The molecule has 1 aliphatic rings. The summed E-state index contributed by atoms with van der Waals surface area (Å²) >= 11 is 1.49. The van der Waals surface area contributed by atoms with E-state index in [1.165, 1.54) is 18.2 Å².